The summed E-state index contributed by atoms with van der Waals surface area (Å²) >= 11 is 7.45. The van der Waals surface area contributed by atoms with Crippen molar-refractivity contribution in [3.8, 4) is 61.3 Å². The van der Waals surface area contributed by atoms with E-state index < -0.39 is 11.8 Å². The van der Waals surface area contributed by atoms with Crippen molar-refractivity contribution in [2.75, 3.05) is 11.5 Å². The van der Waals surface area contributed by atoms with Gasteiger partial charge in [0.1, 0.15) is 11.0 Å². The van der Waals surface area contributed by atoms with Gasteiger partial charge in [-0.2, -0.15) is 8.75 Å². The van der Waals surface area contributed by atoms with Gasteiger partial charge in [-0.15, -0.1) is 45.3 Å². The van der Waals surface area contributed by atoms with Crippen LogP contribution in [0.3, 0.4) is 0 Å². The van der Waals surface area contributed by atoms with Gasteiger partial charge in [-0.05, 0) is 59.7 Å². The van der Waals surface area contributed by atoms with Crippen molar-refractivity contribution >= 4 is 79.5 Å². The van der Waals surface area contributed by atoms with Crippen LogP contribution in [0.5, 0.6) is 0 Å². The van der Waals surface area contributed by atoms with Gasteiger partial charge in [-0.3, -0.25) is 0 Å². The molecule has 0 amide bonds. The lowest BCUT2D eigenvalue weighted by Gasteiger charge is -2.12. The highest BCUT2D eigenvalue weighted by Crippen LogP contribution is 2.50. The molecule has 3 aromatic carbocycles. The molecule has 0 radical (unpaired) electrons. The molecule has 0 bridgehead atoms. The fourth-order valence-corrected chi connectivity index (χ4v) is 10.8. The second-order valence-corrected chi connectivity index (χ2v) is 17.0. The molecule has 4 nitrogen and oxygen atoms in total. The summed E-state index contributed by atoms with van der Waals surface area (Å²) in [6, 6.07) is 29.0. The van der Waals surface area contributed by atoms with Crippen molar-refractivity contribution in [1.29, 1.82) is 0 Å². The maximum atomic E-state index is 13.7. The molecule has 51 heavy (non-hydrogen) atoms. The van der Waals surface area contributed by atoms with Crippen LogP contribution in [-0.2, 0) is 11.8 Å². The van der Waals surface area contributed by atoms with Gasteiger partial charge in [0.25, 0.3) is 11.8 Å². The Morgan fingerprint density at radius 3 is 1.06 bits per heavy atom. The maximum absolute atomic E-state index is 13.7. The predicted octanol–water partition coefficient (Wildman–Crippen LogP) is 13.3. The van der Waals surface area contributed by atoms with Gasteiger partial charge in [-0.1, -0.05) is 48.5 Å². The summed E-state index contributed by atoms with van der Waals surface area (Å²) in [5, 5.41) is 0. The standard InChI is InChI=1S/C38H26F4N4S5/c1-37(39,40)21-7-3-19(4-8-21)23-11-13-25(47-23)27-15-17-29(49-27)31-33(43)34(44)32(36-35(31)45-51-46-36)30-18-16-28(50-30)26-14-12-24(48-26)20-5-9-22(10-6-20)38(2,41)42/h3-18H,43-44H2,1-2H3. The lowest BCUT2D eigenvalue weighted by Crippen LogP contribution is -2.06. The van der Waals surface area contributed by atoms with Crippen molar-refractivity contribution in [3.05, 3.63) is 108 Å². The minimum Gasteiger partial charge on any atom is -0.396 e. The lowest BCUT2D eigenvalue weighted by atomic mass is 10.0. The van der Waals surface area contributed by atoms with Crippen LogP contribution in [0, 0.1) is 0 Å². The SMILES string of the molecule is CC(F)(F)c1ccc(-c2ccc(-c3ccc(-c4c(N)c(N)c(-c5ccc(-c6ccc(-c7ccc(C(C)(F)F)cc7)s6)s5)c5nsnc45)s3)s2)cc1. The molecule has 0 spiro atoms. The molecule has 13 heteroatoms. The van der Waals surface area contributed by atoms with Gasteiger partial charge in [-0.25, -0.2) is 17.6 Å². The number of hydrogen-bond donors (Lipinski definition) is 2. The minimum absolute atomic E-state index is 0.0123. The van der Waals surface area contributed by atoms with Gasteiger partial charge in [0, 0.05) is 75.1 Å². The minimum atomic E-state index is -2.88. The van der Waals surface area contributed by atoms with Gasteiger partial charge in [0.2, 0.25) is 0 Å². The van der Waals surface area contributed by atoms with Crippen LogP contribution in [0.1, 0.15) is 25.0 Å². The zero-order chi connectivity index (χ0) is 35.7. The zero-order valence-electron chi connectivity index (χ0n) is 26.8. The Hall–Kier alpha value is -4.40. The largest absolute Gasteiger partial charge is 0.396 e. The lowest BCUT2D eigenvalue weighted by molar-refractivity contribution is 0.0168. The number of benzene rings is 3. The average Bonchev–Trinajstić information content (AvgIpc) is 3.94. The molecule has 0 saturated carbocycles. The molecule has 256 valence electrons. The topological polar surface area (TPSA) is 77.8 Å². The van der Waals surface area contributed by atoms with Crippen molar-refractivity contribution in [1.82, 2.24) is 8.75 Å². The van der Waals surface area contributed by atoms with Gasteiger partial charge in [0.05, 0.1) is 23.1 Å². The van der Waals surface area contributed by atoms with E-state index in [1.165, 1.54) is 24.3 Å². The normalized spacial score (nSPS) is 12.3. The summed E-state index contributed by atoms with van der Waals surface area (Å²) in [4.78, 5) is 7.96. The van der Waals surface area contributed by atoms with E-state index in [9.17, 15) is 17.6 Å². The first-order valence-electron chi connectivity index (χ1n) is 15.6. The number of alkyl halides is 4. The number of nitrogens with zero attached hydrogens (tertiary/aromatic N) is 2. The number of nitrogens with two attached hydrogens (primary N) is 2. The third-order valence-corrected chi connectivity index (χ3v) is 13.9. The molecule has 0 aliphatic heterocycles. The number of fused-ring (bicyclic) bond motifs is 1. The first-order chi connectivity index (χ1) is 24.3. The van der Waals surface area contributed by atoms with E-state index in [0.717, 1.165) is 86.8 Å². The molecule has 8 rings (SSSR count). The zero-order valence-corrected chi connectivity index (χ0v) is 30.9. The smallest absolute Gasteiger partial charge is 0.270 e. The fourth-order valence-electron chi connectivity index (χ4n) is 5.85. The molecule has 8 aromatic rings. The average molecular weight is 775 g/mol. The molecule has 0 saturated heterocycles. The Balaban J connectivity index is 1.08. The van der Waals surface area contributed by atoms with Crippen molar-refractivity contribution < 1.29 is 17.6 Å². The summed E-state index contributed by atoms with van der Waals surface area (Å²) < 4.78 is 64.2. The number of hydrogen-bond acceptors (Lipinski definition) is 9. The number of rotatable bonds is 8. The van der Waals surface area contributed by atoms with Crippen LogP contribution in [0.15, 0.2) is 97.1 Å². The Morgan fingerprint density at radius 2 is 0.725 bits per heavy atom. The molecule has 5 aromatic heterocycles. The third kappa shape index (κ3) is 6.27. The van der Waals surface area contributed by atoms with E-state index in [1.807, 2.05) is 48.5 Å². The second-order valence-electron chi connectivity index (χ2n) is 12.1. The fraction of sp³-hybridized carbons (Fsp3) is 0.105. The van der Waals surface area contributed by atoms with E-state index in [-0.39, 0.29) is 11.1 Å². The van der Waals surface area contributed by atoms with Crippen LogP contribution in [-0.4, -0.2) is 8.75 Å². The number of aromatic nitrogens is 2. The van der Waals surface area contributed by atoms with Crippen LogP contribution in [0.25, 0.3) is 72.3 Å². The van der Waals surface area contributed by atoms with E-state index in [2.05, 4.69) is 8.75 Å². The van der Waals surface area contributed by atoms with Crippen molar-refractivity contribution in [2.24, 2.45) is 0 Å². The van der Waals surface area contributed by atoms with Gasteiger partial charge < -0.3 is 11.5 Å². The second kappa shape index (κ2) is 12.7. The maximum Gasteiger partial charge on any atom is 0.270 e. The molecule has 4 N–H and O–H groups in total. The van der Waals surface area contributed by atoms with E-state index in [1.54, 1.807) is 69.6 Å². The number of nitrogen functional groups attached to an aromatic ring is 2. The Morgan fingerprint density at radius 1 is 0.431 bits per heavy atom. The number of halogens is 4. The van der Waals surface area contributed by atoms with E-state index in [0.29, 0.717) is 22.4 Å². The highest BCUT2D eigenvalue weighted by Gasteiger charge is 2.26. The summed E-state index contributed by atoms with van der Waals surface area (Å²) in [5.41, 5.74) is 19.1. The molecule has 5 heterocycles. The van der Waals surface area contributed by atoms with Crippen molar-refractivity contribution in [3.63, 3.8) is 0 Å². The Labute approximate surface area is 310 Å². The molecular formula is C38H26F4N4S5. The number of thiophene rings is 4. The van der Waals surface area contributed by atoms with Crippen LogP contribution in [0.2, 0.25) is 0 Å². The summed E-state index contributed by atoms with van der Waals surface area (Å²) in [6.07, 6.45) is 0. The van der Waals surface area contributed by atoms with Gasteiger partial charge in [0.15, 0.2) is 0 Å². The quantitative estimate of drug-likeness (QED) is 0.119. The summed E-state index contributed by atoms with van der Waals surface area (Å²) in [6.45, 7) is 1.80. The van der Waals surface area contributed by atoms with Gasteiger partial charge >= 0.3 is 0 Å². The number of anilines is 2. The van der Waals surface area contributed by atoms with Crippen LogP contribution < -0.4 is 11.5 Å². The molecule has 0 unspecified atom stereocenters. The van der Waals surface area contributed by atoms with E-state index >= 15 is 0 Å². The predicted molar refractivity (Wildman–Crippen MR) is 209 cm³/mol. The van der Waals surface area contributed by atoms with Crippen LogP contribution in [0.4, 0.5) is 28.9 Å². The summed E-state index contributed by atoms with van der Waals surface area (Å²) in [5.74, 6) is -5.76. The Kier molecular flexibility index (Phi) is 8.38. The molecule has 0 atom stereocenters. The molecule has 0 aliphatic rings. The monoisotopic (exact) mass is 774 g/mol. The third-order valence-electron chi connectivity index (χ3n) is 8.55. The molecule has 0 fully saturated rings. The van der Waals surface area contributed by atoms with E-state index in [4.69, 9.17) is 11.5 Å². The van der Waals surface area contributed by atoms with Crippen molar-refractivity contribution in [2.45, 2.75) is 25.7 Å². The first kappa shape index (κ1) is 33.7. The summed E-state index contributed by atoms with van der Waals surface area (Å²) in [7, 11) is 0. The highest BCUT2D eigenvalue weighted by atomic mass is 32.1. The Bertz CT molecular complexity index is 2350. The molecular weight excluding hydrogens is 749 g/mol. The van der Waals surface area contributed by atoms with Crippen LogP contribution >= 0.6 is 57.1 Å². The first-order valence-corrected chi connectivity index (χ1v) is 19.6. The highest BCUT2D eigenvalue weighted by molar-refractivity contribution is 7.26. The molecule has 0 aliphatic carbocycles.